The van der Waals surface area contributed by atoms with Crippen LogP contribution < -0.4 is 9.47 Å². The maximum absolute atomic E-state index is 14.5. The van der Waals surface area contributed by atoms with Gasteiger partial charge in [0.1, 0.15) is 23.9 Å². The molecule has 0 saturated carbocycles. The summed E-state index contributed by atoms with van der Waals surface area (Å²) in [6, 6.07) is 12.9. The number of fused-ring (bicyclic) bond motifs is 3. The first-order chi connectivity index (χ1) is 18.9. The summed E-state index contributed by atoms with van der Waals surface area (Å²) < 4.78 is 27.9. The molecule has 4 aromatic rings. The number of aliphatic hydroxyl groups excluding tert-OH is 1. The van der Waals surface area contributed by atoms with E-state index < -0.39 is 11.4 Å². The second-order valence-electron chi connectivity index (χ2n) is 10.6. The Morgan fingerprint density at radius 3 is 2.42 bits per heavy atom. The number of aliphatic hydroxyl groups is 1. The Bertz CT molecular complexity index is 1620. The van der Waals surface area contributed by atoms with Crippen LogP contribution in [0.2, 0.25) is 10.0 Å². The number of halogens is 3. The van der Waals surface area contributed by atoms with E-state index in [1.54, 1.807) is 47.0 Å². The van der Waals surface area contributed by atoms with Gasteiger partial charge in [0.05, 0.1) is 25.1 Å². The van der Waals surface area contributed by atoms with E-state index in [4.69, 9.17) is 37.8 Å². The number of ether oxygens (including phenoxy) is 2. The highest BCUT2D eigenvalue weighted by Gasteiger charge is 2.34. The van der Waals surface area contributed by atoms with Crippen LogP contribution in [0.25, 0.3) is 28.1 Å². The largest absolute Gasteiger partial charge is 0.496 e. The van der Waals surface area contributed by atoms with E-state index >= 15 is 0 Å². The third-order valence-electron chi connectivity index (χ3n) is 6.97. The lowest BCUT2D eigenvalue weighted by molar-refractivity contribution is 0.0646. The normalized spacial score (nSPS) is 12.4. The highest BCUT2D eigenvalue weighted by molar-refractivity contribution is 6.34. The van der Waals surface area contributed by atoms with Crippen LogP contribution in [0.5, 0.6) is 11.5 Å². The Kier molecular flexibility index (Phi) is 7.29. The van der Waals surface area contributed by atoms with Crippen LogP contribution in [-0.2, 0) is 13.2 Å². The predicted octanol–water partition coefficient (Wildman–Crippen LogP) is 6.92. The zero-order valence-corrected chi connectivity index (χ0v) is 24.2. The van der Waals surface area contributed by atoms with Crippen molar-refractivity contribution < 1.29 is 23.8 Å². The van der Waals surface area contributed by atoms with Crippen molar-refractivity contribution in [3.05, 3.63) is 81.2 Å². The molecule has 1 amide bonds. The van der Waals surface area contributed by atoms with Gasteiger partial charge in [-0.25, -0.2) is 9.07 Å². The van der Waals surface area contributed by atoms with Gasteiger partial charge in [-0.3, -0.25) is 4.79 Å². The van der Waals surface area contributed by atoms with Crippen LogP contribution in [0, 0.1) is 5.82 Å². The highest BCUT2D eigenvalue weighted by Crippen LogP contribution is 2.46. The van der Waals surface area contributed by atoms with Crippen LogP contribution in [0.1, 0.15) is 42.4 Å². The van der Waals surface area contributed by atoms with Crippen LogP contribution in [-0.4, -0.2) is 45.4 Å². The Morgan fingerprint density at radius 1 is 1.10 bits per heavy atom. The highest BCUT2D eigenvalue weighted by atomic mass is 35.5. The summed E-state index contributed by atoms with van der Waals surface area (Å²) in [5.74, 6) is 0.200. The Hall–Kier alpha value is -3.59. The molecule has 0 atom stereocenters. The number of methoxy groups -OCH3 is 1. The number of carbonyl (C=O) groups excluding carboxylic acids is 1. The molecule has 1 N–H and O–H groups in total. The lowest BCUT2D eigenvalue weighted by Crippen LogP contribution is -2.43. The number of hydrogen-bond acceptors (Lipinski definition) is 5. The molecule has 5 rings (SSSR count). The van der Waals surface area contributed by atoms with Gasteiger partial charge in [-0.15, -0.1) is 0 Å². The molecule has 2 heterocycles. The minimum Gasteiger partial charge on any atom is -0.496 e. The van der Waals surface area contributed by atoms with E-state index in [0.717, 1.165) is 0 Å². The summed E-state index contributed by atoms with van der Waals surface area (Å²) in [4.78, 5) is 15.3. The SMILES string of the molecule is COc1cc2c(cc1-c1cc(F)cc(CO)c1)-c1c(c(C(=O)N(C)C(C)(C)C)nn1-c1cc(Cl)cc(Cl)c1)CO2. The van der Waals surface area contributed by atoms with Crippen molar-refractivity contribution in [3.8, 4) is 39.6 Å². The first-order valence-electron chi connectivity index (χ1n) is 12.5. The van der Waals surface area contributed by atoms with Gasteiger partial charge in [0.15, 0.2) is 5.69 Å². The number of nitrogens with zero attached hydrogens (tertiary/aromatic N) is 3. The lowest BCUT2D eigenvalue weighted by Gasteiger charge is -2.31. The first-order valence-corrected chi connectivity index (χ1v) is 13.3. The van der Waals surface area contributed by atoms with Gasteiger partial charge in [0.25, 0.3) is 5.91 Å². The molecular weight excluding hydrogens is 556 g/mol. The monoisotopic (exact) mass is 583 g/mol. The van der Waals surface area contributed by atoms with E-state index in [-0.39, 0.29) is 24.8 Å². The molecule has 40 heavy (non-hydrogen) atoms. The Morgan fingerprint density at radius 2 is 1.80 bits per heavy atom. The van der Waals surface area contributed by atoms with Crippen molar-refractivity contribution in [1.82, 2.24) is 14.7 Å². The van der Waals surface area contributed by atoms with Gasteiger partial charge in [-0.05, 0) is 74.4 Å². The van der Waals surface area contributed by atoms with Crippen molar-refractivity contribution in [1.29, 1.82) is 0 Å². The van der Waals surface area contributed by atoms with E-state index in [9.17, 15) is 14.3 Å². The van der Waals surface area contributed by atoms with Crippen LogP contribution in [0.4, 0.5) is 4.39 Å². The molecule has 0 aliphatic carbocycles. The molecule has 10 heteroatoms. The number of benzene rings is 3. The van der Waals surface area contributed by atoms with E-state index in [0.29, 0.717) is 60.7 Å². The molecule has 0 bridgehead atoms. The van der Waals surface area contributed by atoms with Crippen molar-refractivity contribution in [2.45, 2.75) is 39.5 Å². The van der Waals surface area contributed by atoms with Crippen molar-refractivity contribution in [3.63, 3.8) is 0 Å². The molecule has 0 saturated heterocycles. The Balaban J connectivity index is 1.80. The summed E-state index contributed by atoms with van der Waals surface area (Å²) in [6.45, 7) is 5.59. The van der Waals surface area contributed by atoms with Gasteiger partial charge in [0.2, 0.25) is 0 Å². The van der Waals surface area contributed by atoms with Gasteiger partial charge in [0, 0.05) is 45.4 Å². The molecule has 0 spiro atoms. The summed E-state index contributed by atoms with van der Waals surface area (Å²) in [7, 11) is 3.25. The third-order valence-corrected chi connectivity index (χ3v) is 7.41. The molecule has 208 valence electrons. The second-order valence-corrected chi connectivity index (χ2v) is 11.5. The molecule has 1 aliphatic heterocycles. The zero-order chi connectivity index (χ0) is 28.9. The van der Waals surface area contributed by atoms with Crippen LogP contribution in [0.15, 0.2) is 48.5 Å². The van der Waals surface area contributed by atoms with Gasteiger partial charge < -0.3 is 19.5 Å². The average Bonchev–Trinajstić information content (AvgIpc) is 3.30. The van der Waals surface area contributed by atoms with E-state index in [1.807, 2.05) is 26.8 Å². The maximum Gasteiger partial charge on any atom is 0.274 e. The predicted molar refractivity (Wildman–Crippen MR) is 153 cm³/mol. The van der Waals surface area contributed by atoms with Gasteiger partial charge in [-0.2, -0.15) is 5.10 Å². The fraction of sp³-hybridized carbons (Fsp3) is 0.267. The van der Waals surface area contributed by atoms with Crippen molar-refractivity contribution >= 4 is 29.1 Å². The van der Waals surface area contributed by atoms with Crippen LogP contribution in [0.3, 0.4) is 0 Å². The molecule has 7 nitrogen and oxygen atoms in total. The average molecular weight is 584 g/mol. The van der Waals surface area contributed by atoms with Gasteiger partial charge in [-0.1, -0.05) is 23.2 Å². The quantitative estimate of drug-likeness (QED) is 0.276. The molecule has 1 aliphatic rings. The summed E-state index contributed by atoms with van der Waals surface area (Å²) in [5.41, 5.74) is 3.67. The minimum atomic E-state index is -0.491. The second kappa shape index (κ2) is 10.4. The fourth-order valence-corrected chi connectivity index (χ4v) is 5.17. The lowest BCUT2D eigenvalue weighted by atomic mass is 9.95. The molecule has 3 aromatic carbocycles. The van der Waals surface area contributed by atoms with E-state index in [1.165, 1.54) is 19.2 Å². The summed E-state index contributed by atoms with van der Waals surface area (Å²) >= 11 is 12.7. The summed E-state index contributed by atoms with van der Waals surface area (Å²) in [6.07, 6.45) is 0. The van der Waals surface area contributed by atoms with E-state index in [2.05, 4.69) is 0 Å². The molecular formula is C30H28Cl2FN3O4. The molecule has 0 radical (unpaired) electrons. The smallest absolute Gasteiger partial charge is 0.274 e. The fourth-order valence-electron chi connectivity index (χ4n) is 4.65. The van der Waals surface area contributed by atoms with Gasteiger partial charge >= 0.3 is 0 Å². The topological polar surface area (TPSA) is 76.8 Å². The number of rotatable bonds is 5. The number of hydrogen-bond donors (Lipinski definition) is 1. The standard InChI is InChI=1S/C30H28Cl2FN3O4/c1-30(2,3)35(4)29(38)27-24-15-40-26-13-25(39-5)22(17-6-16(14-37)7-20(33)8-17)12-23(26)28(24)36(34-27)21-10-18(31)9-19(32)11-21/h6-13,37H,14-15H2,1-5H3. The third kappa shape index (κ3) is 5.03. The van der Waals surface area contributed by atoms with Crippen molar-refractivity contribution in [2.24, 2.45) is 0 Å². The maximum atomic E-state index is 14.5. The molecule has 1 aromatic heterocycles. The number of carbonyl (C=O) groups is 1. The first kappa shape index (κ1) is 28.0. The van der Waals surface area contributed by atoms with Crippen molar-refractivity contribution in [2.75, 3.05) is 14.2 Å². The van der Waals surface area contributed by atoms with Crippen LogP contribution >= 0.6 is 23.2 Å². The zero-order valence-electron chi connectivity index (χ0n) is 22.7. The minimum absolute atomic E-state index is 0.0901. The number of aromatic nitrogens is 2. The summed E-state index contributed by atoms with van der Waals surface area (Å²) in [5, 5.41) is 15.2. The molecule has 0 fully saturated rings. The number of amides is 1. The Labute approximate surface area is 241 Å². The molecule has 0 unspecified atom stereocenters.